The first-order valence-electron chi connectivity index (χ1n) is 6.62. The van der Waals surface area contributed by atoms with E-state index in [0.717, 1.165) is 0 Å². The molecular weight excluding hydrogens is 302 g/mol. The summed E-state index contributed by atoms with van der Waals surface area (Å²) in [6.45, 7) is 0.119. The fourth-order valence-electron chi connectivity index (χ4n) is 2.40. The second-order valence-corrected chi connectivity index (χ2v) is 6.64. The third-order valence-electron chi connectivity index (χ3n) is 3.42. The molecular formula is C16H15NO4S. The van der Waals surface area contributed by atoms with E-state index in [9.17, 15) is 8.42 Å². The number of methoxy groups -OCH3 is 1. The minimum atomic E-state index is -3.44. The monoisotopic (exact) mass is 317 g/mol. The van der Waals surface area contributed by atoms with E-state index in [1.165, 1.54) is 5.41 Å². The molecule has 0 atom stereocenters. The molecule has 0 saturated heterocycles. The first kappa shape index (κ1) is 14.5. The molecule has 1 aliphatic heterocycles. The number of ether oxygens (including phenoxy) is 2. The van der Waals surface area contributed by atoms with Gasteiger partial charge in [0.1, 0.15) is 18.1 Å². The van der Waals surface area contributed by atoms with Crippen LogP contribution in [0.1, 0.15) is 5.56 Å². The van der Waals surface area contributed by atoms with E-state index in [2.05, 4.69) is 0 Å². The van der Waals surface area contributed by atoms with Crippen LogP contribution in [0.2, 0.25) is 0 Å². The third-order valence-corrected chi connectivity index (χ3v) is 4.97. The van der Waals surface area contributed by atoms with Crippen LogP contribution in [0.5, 0.6) is 11.5 Å². The lowest BCUT2D eigenvalue weighted by molar-refractivity contribution is 0.363. The normalized spacial score (nSPS) is 15.0. The van der Waals surface area contributed by atoms with Crippen molar-refractivity contribution in [2.45, 2.75) is 4.90 Å². The highest BCUT2D eigenvalue weighted by Crippen LogP contribution is 2.37. The smallest absolute Gasteiger partial charge is 0.200 e. The van der Waals surface area contributed by atoms with Gasteiger partial charge in [-0.1, -0.05) is 12.1 Å². The van der Waals surface area contributed by atoms with Gasteiger partial charge in [-0.05, 0) is 24.3 Å². The Kier molecular flexibility index (Phi) is 3.54. The zero-order valence-electron chi connectivity index (χ0n) is 11.9. The molecule has 0 aliphatic carbocycles. The minimum Gasteiger partial charge on any atom is -0.497 e. The number of anilines is 1. The van der Waals surface area contributed by atoms with Crippen molar-refractivity contribution in [3.63, 3.8) is 0 Å². The van der Waals surface area contributed by atoms with Crippen molar-refractivity contribution < 1.29 is 17.9 Å². The van der Waals surface area contributed by atoms with E-state index in [1.54, 1.807) is 49.6 Å². The zero-order valence-corrected chi connectivity index (χ0v) is 12.8. The van der Waals surface area contributed by atoms with Crippen LogP contribution >= 0.6 is 0 Å². The van der Waals surface area contributed by atoms with Crippen LogP contribution in [0.4, 0.5) is 5.69 Å². The quantitative estimate of drug-likeness (QED) is 0.877. The Morgan fingerprint density at radius 2 is 1.82 bits per heavy atom. The fraction of sp³-hybridized carbons (Fsp3) is 0.125. The SMILES string of the molecule is COc1cccc(OCC2=CS(=O)(=O)c3cccc(N)c32)c1. The van der Waals surface area contributed by atoms with Crippen LogP contribution in [-0.4, -0.2) is 22.1 Å². The number of rotatable bonds is 4. The average Bonchev–Trinajstić information content (AvgIpc) is 2.78. The van der Waals surface area contributed by atoms with E-state index in [4.69, 9.17) is 15.2 Å². The minimum absolute atomic E-state index is 0.119. The lowest BCUT2D eigenvalue weighted by Gasteiger charge is -2.10. The molecule has 2 N–H and O–H groups in total. The first-order valence-corrected chi connectivity index (χ1v) is 8.17. The molecule has 0 aromatic heterocycles. The van der Waals surface area contributed by atoms with Crippen LogP contribution in [0.15, 0.2) is 52.8 Å². The highest BCUT2D eigenvalue weighted by molar-refractivity contribution is 7.95. The Morgan fingerprint density at radius 1 is 1.09 bits per heavy atom. The molecule has 1 heterocycles. The summed E-state index contributed by atoms with van der Waals surface area (Å²) in [6, 6.07) is 12.0. The number of sulfone groups is 1. The lowest BCUT2D eigenvalue weighted by atomic mass is 10.1. The maximum Gasteiger partial charge on any atom is 0.200 e. The molecule has 2 aromatic carbocycles. The van der Waals surface area contributed by atoms with Crippen LogP contribution in [0.3, 0.4) is 0 Å². The van der Waals surface area contributed by atoms with Crippen LogP contribution in [0.25, 0.3) is 5.57 Å². The molecule has 0 amide bonds. The van der Waals surface area contributed by atoms with Gasteiger partial charge in [0.2, 0.25) is 9.84 Å². The highest BCUT2D eigenvalue weighted by Gasteiger charge is 2.28. The Labute approximate surface area is 128 Å². The van der Waals surface area contributed by atoms with Crippen molar-refractivity contribution in [2.75, 3.05) is 19.5 Å². The molecule has 0 bridgehead atoms. The molecule has 5 nitrogen and oxygen atoms in total. The number of benzene rings is 2. The van der Waals surface area contributed by atoms with Crippen LogP contribution in [-0.2, 0) is 9.84 Å². The van der Waals surface area contributed by atoms with Crippen molar-refractivity contribution in [1.82, 2.24) is 0 Å². The second kappa shape index (κ2) is 5.38. The molecule has 6 heteroatoms. The molecule has 0 unspecified atom stereocenters. The van der Waals surface area contributed by atoms with Gasteiger partial charge in [-0.25, -0.2) is 8.42 Å². The summed E-state index contributed by atoms with van der Waals surface area (Å²) in [5.41, 5.74) is 7.43. The van der Waals surface area contributed by atoms with Crippen molar-refractivity contribution in [1.29, 1.82) is 0 Å². The molecule has 1 aliphatic rings. The predicted octanol–water partition coefficient (Wildman–Crippen LogP) is 2.48. The summed E-state index contributed by atoms with van der Waals surface area (Å²) in [6.07, 6.45) is 0. The molecule has 0 fully saturated rings. The van der Waals surface area contributed by atoms with Gasteiger partial charge in [-0.3, -0.25) is 0 Å². The summed E-state index contributed by atoms with van der Waals surface area (Å²) >= 11 is 0. The van der Waals surface area contributed by atoms with Crippen molar-refractivity contribution >= 4 is 21.1 Å². The molecule has 22 heavy (non-hydrogen) atoms. The number of hydrogen-bond donors (Lipinski definition) is 1. The molecule has 2 aromatic rings. The summed E-state index contributed by atoms with van der Waals surface area (Å²) in [5, 5.41) is 1.22. The number of nitrogen functional groups attached to an aromatic ring is 1. The molecule has 0 spiro atoms. The Balaban J connectivity index is 1.88. The van der Waals surface area contributed by atoms with Gasteiger partial charge in [0.15, 0.2) is 0 Å². The first-order chi connectivity index (χ1) is 10.5. The third kappa shape index (κ3) is 2.53. The number of hydrogen-bond acceptors (Lipinski definition) is 5. The van der Waals surface area contributed by atoms with Crippen molar-refractivity contribution in [3.05, 3.63) is 53.4 Å². The predicted molar refractivity (Wildman–Crippen MR) is 84.5 cm³/mol. The fourth-order valence-corrected chi connectivity index (χ4v) is 3.89. The lowest BCUT2D eigenvalue weighted by Crippen LogP contribution is -2.02. The second-order valence-electron chi connectivity index (χ2n) is 4.88. The van der Waals surface area contributed by atoms with Gasteiger partial charge in [-0.15, -0.1) is 0 Å². The Hall–Kier alpha value is -2.47. The van der Waals surface area contributed by atoms with Gasteiger partial charge < -0.3 is 15.2 Å². The number of nitrogens with two attached hydrogens (primary N) is 1. The largest absolute Gasteiger partial charge is 0.497 e. The summed E-state index contributed by atoms with van der Waals surface area (Å²) < 4.78 is 35.0. The molecule has 114 valence electrons. The maximum atomic E-state index is 12.1. The van der Waals surface area contributed by atoms with Crippen LogP contribution < -0.4 is 15.2 Å². The highest BCUT2D eigenvalue weighted by atomic mass is 32.2. The number of fused-ring (bicyclic) bond motifs is 1. The molecule has 3 rings (SSSR count). The van der Waals surface area contributed by atoms with Gasteiger partial charge in [0.05, 0.1) is 12.0 Å². The zero-order chi connectivity index (χ0) is 15.7. The summed E-state index contributed by atoms with van der Waals surface area (Å²) in [4.78, 5) is 0.233. The molecule has 0 saturated carbocycles. The van der Waals surface area contributed by atoms with Crippen LogP contribution in [0, 0.1) is 0 Å². The van der Waals surface area contributed by atoms with Gasteiger partial charge in [0, 0.05) is 28.3 Å². The maximum absolute atomic E-state index is 12.1. The van der Waals surface area contributed by atoms with E-state index >= 15 is 0 Å². The van der Waals surface area contributed by atoms with E-state index in [1.807, 2.05) is 0 Å². The standard InChI is InChI=1S/C16H15NO4S/c1-20-12-4-2-5-13(8-12)21-9-11-10-22(18,19)15-7-3-6-14(17)16(11)15/h2-8,10H,9,17H2,1H3. The van der Waals surface area contributed by atoms with Gasteiger partial charge in [0.25, 0.3) is 0 Å². The topological polar surface area (TPSA) is 78.6 Å². The van der Waals surface area contributed by atoms with E-state index in [-0.39, 0.29) is 11.5 Å². The van der Waals surface area contributed by atoms with E-state index < -0.39 is 9.84 Å². The molecule has 0 radical (unpaired) electrons. The van der Waals surface area contributed by atoms with Gasteiger partial charge in [-0.2, -0.15) is 0 Å². The average molecular weight is 317 g/mol. The summed E-state index contributed by atoms with van der Waals surface area (Å²) in [7, 11) is -1.87. The van der Waals surface area contributed by atoms with Crippen molar-refractivity contribution in [3.8, 4) is 11.5 Å². The Bertz CT molecular complexity index is 856. The van der Waals surface area contributed by atoms with E-state index in [0.29, 0.717) is 28.3 Å². The Morgan fingerprint density at radius 3 is 2.59 bits per heavy atom. The van der Waals surface area contributed by atoms with Crippen molar-refractivity contribution in [2.24, 2.45) is 0 Å². The van der Waals surface area contributed by atoms with Gasteiger partial charge >= 0.3 is 0 Å². The summed E-state index contributed by atoms with van der Waals surface area (Å²) in [5.74, 6) is 1.27.